The van der Waals surface area contributed by atoms with Crippen LogP contribution in [-0.2, 0) is 9.53 Å². The number of amides is 1. The molecule has 31 heavy (non-hydrogen) atoms. The van der Waals surface area contributed by atoms with Crippen LogP contribution >= 0.6 is 11.3 Å². The van der Waals surface area contributed by atoms with Crippen molar-refractivity contribution in [1.82, 2.24) is 20.1 Å². The van der Waals surface area contributed by atoms with Gasteiger partial charge >= 0.3 is 0 Å². The number of hydrogen-bond donors (Lipinski definition) is 1. The molecule has 0 unspecified atom stereocenters. The summed E-state index contributed by atoms with van der Waals surface area (Å²) < 4.78 is 37.8. The van der Waals surface area contributed by atoms with Crippen LogP contribution in [0.25, 0.3) is 0 Å². The molecule has 0 aliphatic carbocycles. The SMILES string of the molecule is Cc1cc(Nc2nncs2)cc([C@H]2CN(C(=O)COc3ccc(F)cc3F)CCO2)n1. The van der Waals surface area contributed by atoms with Gasteiger partial charge in [0.2, 0.25) is 5.13 Å². The average molecular weight is 447 g/mol. The van der Waals surface area contributed by atoms with Crippen molar-refractivity contribution < 1.29 is 23.0 Å². The van der Waals surface area contributed by atoms with Gasteiger partial charge in [0.15, 0.2) is 18.2 Å². The lowest BCUT2D eigenvalue weighted by Gasteiger charge is -2.33. The molecule has 1 N–H and O–H groups in total. The van der Waals surface area contributed by atoms with E-state index in [0.717, 1.165) is 23.5 Å². The summed E-state index contributed by atoms with van der Waals surface area (Å²) in [4.78, 5) is 18.7. The monoisotopic (exact) mass is 447 g/mol. The summed E-state index contributed by atoms with van der Waals surface area (Å²) in [7, 11) is 0. The lowest BCUT2D eigenvalue weighted by atomic mass is 10.1. The Kier molecular flexibility index (Phi) is 6.33. The zero-order valence-electron chi connectivity index (χ0n) is 16.5. The van der Waals surface area contributed by atoms with Gasteiger partial charge in [0, 0.05) is 24.0 Å². The molecule has 0 saturated carbocycles. The molecule has 1 fully saturated rings. The number of halogens is 2. The Bertz CT molecular complexity index is 1070. The predicted octanol–water partition coefficient (Wildman–Crippen LogP) is 3.24. The molecule has 8 nitrogen and oxygen atoms in total. The smallest absolute Gasteiger partial charge is 0.260 e. The maximum Gasteiger partial charge on any atom is 0.260 e. The number of morpholine rings is 1. The maximum absolute atomic E-state index is 13.7. The van der Waals surface area contributed by atoms with Gasteiger partial charge in [0.1, 0.15) is 17.4 Å². The number of hydrogen-bond acceptors (Lipinski definition) is 8. The zero-order chi connectivity index (χ0) is 21.8. The molecule has 162 valence electrons. The first kappa shape index (κ1) is 21.1. The molecular weight excluding hydrogens is 428 g/mol. The van der Waals surface area contributed by atoms with E-state index < -0.39 is 17.7 Å². The van der Waals surface area contributed by atoms with Gasteiger partial charge in [-0.05, 0) is 31.2 Å². The van der Waals surface area contributed by atoms with Gasteiger partial charge in [-0.1, -0.05) is 11.3 Å². The minimum Gasteiger partial charge on any atom is -0.481 e. The number of benzene rings is 1. The minimum absolute atomic E-state index is 0.174. The number of ether oxygens (including phenoxy) is 2. The Morgan fingerprint density at radius 3 is 3.00 bits per heavy atom. The predicted molar refractivity (Wildman–Crippen MR) is 109 cm³/mol. The molecule has 2 aromatic heterocycles. The van der Waals surface area contributed by atoms with Crippen molar-refractivity contribution >= 4 is 28.1 Å². The molecule has 11 heteroatoms. The highest BCUT2D eigenvalue weighted by atomic mass is 32.1. The van der Waals surface area contributed by atoms with Crippen molar-refractivity contribution in [3.05, 3.63) is 58.9 Å². The summed E-state index contributed by atoms with van der Waals surface area (Å²) in [5.41, 5.74) is 3.88. The topological polar surface area (TPSA) is 89.5 Å². The summed E-state index contributed by atoms with van der Waals surface area (Å²) in [6.45, 7) is 2.50. The fraction of sp³-hybridized carbons (Fsp3) is 0.300. The fourth-order valence-electron chi connectivity index (χ4n) is 3.16. The van der Waals surface area contributed by atoms with Crippen LogP contribution in [0.15, 0.2) is 35.8 Å². The number of aryl methyl sites for hydroxylation is 1. The molecule has 1 saturated heterocycles. The largest absolute Gasteiger partial charge is 0.481 e. The number of carbonyl (C=O) groups excluding carboxylic acids is 1. The fourth-order valence-corrected chi connectivity index (χ4v) is 3.63. The van der Waals surface area contributed by atoms with Crippen LogP contribution in [0.1, 0.15) is 17.5 Å². The van der Waals surface area contributed by atoms with Crippen LogP contribution in [-0.4, -0.2) is 52.3 Å². The highest BCUT2D eigenvalue weighted by Gasteiger charge is 2.27. The molecule has 3 aromatic rings. The summed E-state index contributed by atoms with van der Waals surface area (Å²) >= 11 is 1.38. The van der Waals surface area contributed by atoms with Gasteiger partial charge in [0.05, 0.1) is 18.8 Å². The van der Waals surface area contributed by atoms with Crippen molar-refractivity contribution in [1.29, 1.82) is 0 Å². The number of rotatable bonds is 6. The van der Waals surface area contributed by atoms with Crippen molar-refractivity contribution in [3.63, 3.8) is 0 Å². The molecule has 1 aromatic carbocycles. The highest BCUT2D eigenvalue weighted by Crippen LogP contribution is 2.26. The Morgan fingerprint density at radius 2 is 2.23 bits per heavy atom. The molecule has 1 amide bonds. The third-order valence-electron chi connectivity index (χ3n) is 4.58. The Labute approximate surface area is 180 Å². The Balaban J connectivity index is 1.41. The van der Waals surface area contributed by atoms with Gasteiger partial charge in [0.25, 0.3) is 5.91 Å². The number of nitrogens with zero attached hydrogens (tertiary/aromatic N) is 4. The van der Waals surface area contributed by atoms with E-state index in [4.69, 9.17) is 9.47 Å². The van der Waals surface area contributed by atoms with E-state index >= 15 is 0 Å². The van der Waals surface area contributed by atoms with E-state index in [1.165, 1.54) is 11.3 Å². The maximum atomic E-state index is 13.7. The van der Waals surface area contributed by atoms with E-state index in [-0.39, 0.29) is 24.8 Å². The lowest BCUT2D eigenvalue weighted by Crippen LogP contribution is -2.44. The van der Waals surface area contributed by atoms with E-state index in [1.54, 1.807) is 10.4 Å². The Hall–Kier alpha value is -3.18. The third kappa shape index (κ3) is 5.30. The van der Waals surface area contributed by atoms with Crippen LogP contribution in [0.5, 0.6) is 5.75 Å². The van der Waals surface area contributed by atoms with Gasteiger partial charge in [-0.2, -0.15) is 0 Å². The van der Waals surface area contributed by atoms with Gasteiger partial charge < -0.3 is 19.7 Å². The standard InChI is InChI=1S/C20H19F2N5O3S/c1-12-6-14(25-20-26-23-11-31-20)8-16(24-12)18-9-27(4-5-29-18)19(28)10-30-17-3-2-13(21)7-15(17)22/h2-3,6-8,11,18H,4-5,9-10H2,1H3,(H,24,25,26)/t18-/m1/s1. The number of carbonyl (C=O) groups is 1. The Morgan fingerprint density at radius 1 is 1.35 bits per heavy atom. The van der Waals surface area contributed by atoms with Crippen molar-refractivity contribution in [3.8, 4) is 5.75 Å². The lowest BCUT2D eigenvalue weighted by molar-refractivity contribution is -0.141. The summed E-state index contributed by atoms with van der Waals surface area (Å²) in [5.74, 6) is -2.06. The molecule has 3 heterocycles. The third-order valence-corrected chi connectivity index (χ3v) is 5.19. The number of pyridine rings is 1. The first-order chi connectivity index (χ1) is 15.0. The summed E-state index contributed by atoms with van der Waals surface area (Å²) in [6, 6.07) is 6.66. The van der Waals surface area contributed by atoms with Crippen LogP contribution in [0.4, 0.5) is 19.6 Å². The quantitative estimate of drug-likeness (QED) is 0.621. The van der Waals surface area contributed by atoms with Gasteiger partial charge in [-0.25, -0.2) is 8.78 Å². The van der Waals surface area contributed by atoms with Gasteiger partial charge in [-0.3, -0.25) is 9.78 Å². The molecule has 1 atom stereocenters. The molecule has 1 aliphatic rings. The summed E-state index contributed by atoms with van der Waals surface area (Å²) in [5, 5.41) is 11.6. The first-order valence-corrected chi connectivity index (χ1v) is 10.3. The van der Waals surface area contributed by atoms with Crippen LogP contribution in [0.2, 0.25) is 0 Å². The van der Waals surface area contributed by atoms with E-state index in [0.29, 0.717) is 30.0 Å². The highest BCUT2D eigenvalue weighted by molar-refractivity contribution is 7.13. The van der Waals surface area contributed by atoms with Crippen LogP contribution < -0.4 is 10.1 Å². The number of aromatic nitrogens is 3. The first-order valence-electron chi connectivity index (χ1n) is 9.47. The molecule has 4 rings (SSSR count). The second-order valence-corrected chi connectivity index (χ2v) is 7.69. The average Bonchev–Trinajstić information content (AvgIpc) is 3.25. The van der Waals surface area contributed by atoms with E-state index in [9.17, 15) is 13.6 Å². The van der Waals surface area contributed by atoms with E-state index in [2.05, 4.69) is 20.5 Å². The van der Waals surface area contributed by atoms with Gasteiger partial charge in [-0.15, -0.1) is 10.2 Å². The number of nitrogens with one attached hydrogen (secondary N) is 1. The normalized spacial score (nSPS) is 16.2. The van der Waals surface area contributed by atoms with Crippen molar-refractivity contribution in [2.45, 2.75) is 13.0 Å². The molecule has 0 radical (unpaired) electrons. The zero-order valence-corrected chi connectivity index (χ0v) is 17.4. The van der Waals surface area contributed by atoms with Crippen LogP contribution in [0, 0.1) is 18.6 Å². The van der Waals surface area contributed by atoms with Crippen LogP contribution in [0.3, 0.4) is 0 Å². The minimum atomic E-state index is -0.855. The molecule has 0 bridgehead atoms. The molecule has 0 spiro atoms. The van der Waals surface area contributed by atoms with E-state index in [1.807, 2.05) is 19.1 Å². The second kappa shape index (κ2) is 9.31. The van der Waals surface area contributed by atoms with Crippen molar-refractivity contribution in [2.24, 2.45) is 0 Å². The molecule has 1 aliphatic heterocycles. The molecular formula is C20H19F2N5O3S. The number of anilines is 2. The summed E-state index contributed by atoms with van der Waals surface area (Å²) in [6.07, 6.45) is -0.421. The second-order valence-electron chi connectivity index (χ2n) is 6.85. The van der Waals surface area contributed by atoms with Crippen molar-refractivity contribution in [2.75, 3.05) is 31.6 Å².